The second-order valence-corrected chi connectivity index (χ2v) is 4.47. The second-order valence-electron chi connectivity index (χ2n) is 4.47. The van der Waals surface area contributed by atoms with Crippen LogP contribution in [-0.2, 0) is 0 Å². The molecule has 0 atom stereocenters. The maximum atomic E-state index is 13.5. The van der Waals surface area contributed by atoms with Crippen molar-refractivity contribution in [1.82, 2.24) is 4.90 Å². The van der Waals surface area contributed by atoms with E-state index in [1.165, 1.54) is 12.1 Å². The van der Waals surface area contributed by atoms with E-state index in [1.807, 2.05) is 0 Å². The minimum atomic E-state index is -4.38. The molecule has 0 fully saturated rings. The number of nitrogens with two attached hydrogens (primary N) is 1. The molecule has 0 aliphatic carbocycles. The first-order valence-corrected chi connectivity index (χ1v) is 5.89. The fourth-order valence-corrected chi connectivity index (χ4v) is 1.99. The number of benzene rings is 1. The van der Waals surface area contributed by atoms with Crippen molar-refractivity contribution in [3.05, 3.63) is 41.2 Å². The van der Waals surface area contributed by atoms with Gasteiger partial charge in [-0.25, -0.2) is 4.39 Å². The van der Waals surface area contributed by atoms with Crippen molar-refractivity contribution < 1.29 is 22.4 Å². The summed E-state index contributed by atoms with van der Waals surface area (Å²) >= 11 is 0. The molecule has 108 valence electrons. The van der Waals surface area contributed by atoms with Crippen LogP contribution >= 0.6 is 0 Å². The number of hydrogen-bond acceptors (Lipinski definition) is 2. The number of carbonyl (C=O) groups excluding carboxylic acids is 1. The third kappa shape index (κ3) is 2.92. The van der Waals surface area contributed by atoms with E-state index in [-0.39, 0.29) is 30.8 Å². The predicted octanol–water partition coefficient (Wildman–Crippen LogP) is 2.74. The summed E-state index contributed by atoms with van der Waals surface area (Å²) in [6.45, 7) is -0.291. The van der Waals surface area contributed by atoms with Gasteiger partial charge < -0.3 is 10.6 Å². The minimum absolute atomic E-state index is 0.0988. The van der Waals surface area contributed by atoms with E-state index in [0.717, 1.165) is 17.0 Å². The van der Waals surface area contributed by atoms with Crippen molar-refractivity contribution in [2.75, 3.05) is 18.8 Å². The maximum absolute atomic E-state index is 13.5. The van der Waals surface area contributed by atoms with Gasteiger partial charge in [0, 0.05) is 24.4 Å². The van der Waals surface area contributed by atoms with Crippen molar-refractivity contribution in [1.29, 1.82) is 0 Å². The van der Waals surface area contributed by atoms with Crippen molar-refractivity contribution >= 4 is 11.6 Å². The van der Waals surface area contributed by atoms with Crippen molar-refractivity contribution in [3.8, 4) is 0 Å². The van der Waals surface area contributed by atoms with Gasteiger partial charge in [-0.1, -0.05) is 6.08 Å². The number of alkyl halides is 3. The molecule has 0 aromatic heterocycles. The number of amides is 1. The molecule has 2 N–H and O–H groups in total. The van der Waals surface area contributed by atoms with Crippen LogP contribution in [0.1, 0.15) is 16.8 Å². The minimum Gasteiger partial charge on any atom is -0.399 e. The fraction of sp³-hybridized carbons (Fsp3) is 0.308. The van der Waals surface area contributed by atoms with E-state index >= 15 is 0 Å². The highest BCUT2D eigenvalue weighted by Gasteiger charge is 2.35. The van der Waals surface area contributed by atoms with E-state index in [1.54, 1.807) is 0 Å². The van der Waals surface area contributed by atoms with Crippen molar-refractivity contribution in [3.63, 3.8) is 0 Å². The molecule has 0 unspecified atom stereocenters. The van der Waals surface area contributed by atoms with E-state index < -0.39 is 23.5 Å². The molecule has 20 heavy (non-hydrogen) atoms. The maximum Gasteiger partial charge on any atom is 0.412 e. The monoisotopic (exact) mass is 288 g/mol. The fourth-order valence-electron chi connectivity index (χ4n) is 1.99. The molecule has 1 aromatic rings. The van der Waals surface area contributed by atoms with Crippen LogP contribution in [0.25, 0.3) is 0 Å². The number of anilines is 1. The molecule has 1 heterocycles. The molecule has 0 saturated heterocycles. The third-order valence-electron chi connectivity index (χ3n) is 3.08. The van der Waals surface area contributed by atoms with E-state index in [9.17, 15) is 22.4 Å². The van der Waals surface area contributed by atoms with Gasteiger partial charge in [0.1, 0.15) is 5.82 Å². The first-order valence-electron chi connectivity index (χ1n) is 5.89. The van der Waals surface area contributed by atoms with Crippen molar-refractivity contribution in [2.45, 2.75) is 12.6 Å². The van der Waals surface area contributed by atoms with Gasteiger partial charge in [-0.05, 0) is 24.6 Å². The van der Waals surface area contributed by atoms with Crippen LogP contribution in [0.4, 0.5) is 23.2 Å². The van der Waals surface area contributed by atoms with E-state index in [0.29, 0.717) is 0 Å². The molecule has 0 saturated carbocycles. The van der Waals surface area contributed by atoms with Gasteiger partial charge >= 0.3 is 6.18 Å². The summed E-state index contributed by atoms with van der Waals surface area (Å²) in [6.07, 6.45) is -3.72. The SMILES string of the molecule is Nc1ccc(F)c(C(=O)N2CC=C(C(F)(F)F)CC2)c1. The summed E-state index contributed by atoms with van der Waals surface area (Å²) in [5.74, 6) is -1.40. The number of halogens is 4. The number of hydrogen-bond donors (Lipinski definition) is 1. The van der Waals surface area contributed by atoms with Gasteiger partial charge in [-0.15, -0.1) is 0 Å². The lowest BCUT2D eigenvalue weighted by Crippen LogP contribution is -2.37. The molecule has 1 amide bonds. The van der Waals surface area contributed by atoms with Crippen LogP contribution in [0, 0.1) is 5.82 Å². The Morgan fingerprint density at radius 1 is 1.30 bits per heavy atom. The van der Waals surface area contributed by atoms with Crippen LogP contribution < -0.4 is 5.73 Å². The summed E-state index contributed by atoms with van der Waals surface area (Å²) in [5, 5.41) is 0. The van der Waals surface area contributed by atoms with Crippen LogP contribution in [0.3, 0.4) is 0 Å². The Balaban J connectivity index is 2.17. The Bertz CT molecular complexity index is 566. The molecule has 2 rings (SSSR count). The van der Waals surface area contributed by atoms with Gasteiger partial charge in [0.25, 0.3) is 5.91 Å². The number of nitrogen functional groups attached to an aromatic ring is 1. The summed E-state index contributed by atoms with van der Waals surface area (Å²) in [5.41, 5.74) is 4.81. The average molecular weight is 288 g/mol. The molecule has 3 nitrogen and oxygen atoms in total. The normalized spacial score (nSPS) is 16.0. The smallest absolute Gasteiger partial charge is 0.399 e. The second kappa shape index (κ2) is 5.15. The third-order valence-corrected chi connectivity index (χ3v) is 3.08. The first-order chi connectivity index (χ1) is 9.29. The lowest BCUT2D eigenvalue weighted by molar-refractivity contribution is -0.0957. The molecule has 1 aromatic carbocycles. The lowest BCUT2D eigenvalue weighted by Gasteiger charge is -2.27. The summed E-state index contributed by atoms with van der Waals surface area (Å²) in [7, 11) is 0. The van der Waals surface area contributed by atoms with Gasteiger partial charge in [0.05, 0.1) is 5.56 Å². The molecular weight excluding hydrogens is 276 g/mol. The zero-order valence-electron chi connectivity index (χ0n) is 10.4. The summed E-state index contributed by atoms with van der Waals surface area (Å²) < 4.78 is 50.9. The zero-order chi connectivity index (χ0) is 14.9. The molecular formula is C13H12F4N2O. The van der Waals surface area contributed by atoms with Crippen LogP contribution in [0.15, 0.2) is 29.8 Å². The molecule has 0 radical (unpaired) electrons. The van der Waals surface area contributed by atoms with Gasteiger partial charge in [-0.3, -0.25) is 4.79 Å². The molecule has 7 heteroatoms. The molecule has 1 aliphatic heterocycles. The standard InChI is InChI=1S/C13H12F4N2O/c14-11-2-1-9(18)7-10(11)12(20)19-5-3-8(4-6-19)13(15,16)17/h1-3,7H,4-6,18H2. The Labute approximate surface area is 112 Å². The highest BCUT2D eigenvalue weighted by atomic mass is 19.4. The Morgan fingerprint density at radius 2 is 2.00 bits per heavy atom. The van der Waals surface area contributed by atoms with E-state index in [4.69, 9.17) is 5.73 Å². The molecule has 0 spiro atoms. The highest BCUT2D eigenvalue weighted by Crippen LogP contribution is 2.30. The van der Waals surface area contributed by atoms with Gasteiger partial charge in [0.15, 0.2) is 0 Å². The summed E-state index contributed by atoms with van der Waals surface area (Å²) in [4.78, 5) is 13.2. The van der Waals surface area contributed by atoms with E-state index in [2.05, 4.69) is 0 Å². The number of carbonyl (C=O) groups is 1. The molecule has 1 aliphatic rings. The van der Waals surface area contributed by atoms with Gasteiger partial charge in [-0.2, -0.15) is 13.2 Å². The summed E-state index contributed by atoms with van der Waals surface area (Å²) in [6, 6.07) is 3.55. The topological polar surface area (TPSA) is 46.3 Å². The average Bonchev–Trinajstić information content (AvgIpc) is 2.40. The quantitative estimate of drug-likeness (QED) is 0.490. The largest absolute Gasteiger partial charge is 0.412 e. The van der Waals surface area contributed by atoms with Gasteiger partial charge in [0.2, 0.25) is 0 Å². The van der Waals surface area contributed by atoms with Crippen molar-refractivity contribution in [2.24, 2.45) is 0 Å². The van der Waals surface area contributed by atoms with Crippen LogP contribution in [-0.4, -0.2) is 30.1 Å². The Morgan fingerprint density at radius 3 is 2.55 bits per heavy atom. The number of nitrogens with zero attached hydrogens (tertiary/aromatic N) is 1. The highest BCUT2D eigenvalue weighted by molar-refractivity contribution is 5.95. The lowest BCUT2D eigenvalue weighted by atomic mass is 10.1. The molecule has 0 bridgehead atoms. The Kier molecular flexibility index (Phi) is 3.69. The first kappa shape index (κ1) is 14.4. The predicted molar refractivity (Wildman–Crippen MR) is 65.5 cm³/mol. The number of rotatable bonds is 1. The van der Waals surface area contributed by atoms with Crippen LogP contribution in [0.5, 0.6) is 0 Å². The Hall–Kier alpha value is -2.05. The van der Waals surface area contributed by atoms with Crippen LogP contribution in [0.2, 0.25) is 0 Å². The zero-order valence-corrected chi connectivity index (χ0v) is 10.4.